The summed E-state index contributed by atoms with van der Waals surface area (Å²) in [4.78, 5) is 19.6. The van der Waals surface area contributed by atoms with E-state index in [2.05, 4.69) is 166 Å². The molecule has 0 saturated carbocycles. The zero-order chi connectivity index (χ0) is 35.8. The van der Waals surface area contributed by atoms with Gasteiger partial charge in [0.15, 0.2) is 0 Å². The molecule has 9 aromatic rings. The van der Waals surface area contributed by atoms with Crippen LogP contribution in [0.25, 0.3) is 39.0 Å². The van der Waals surface area contributed by atoms with E-state index in [1.54, 1.807) is 0 Å². The second-order valence-electron chi connectivity index (χ2n) is 13.3. The lowest BCUT2D eigenvalue weighted by Gasteiger charge is -2.23. The molecule has 0 amide bonds. The summed E-state index contributed by atoms with van der Waals surface area (Å²) >= 11 is 0. The van der Waals surface area contributed by atoms with Gasteiger partial charge in [0, 0.05) is 40.9 Å². The van der Waals surface area contributed by atoms with Gasteiger partial charge in [-0.25, -0.2) is 9.97 Å². The van der Waals surface area contributed by atoms with Crippen molar-refractivity contribution in [2.45, 2.75) is 0 Å². The second-order valence-corrected chi connectivity index (χ2v) is 13.3. The van der Waals surface area contributed by atoms with Crippen LogP contribution in [0.2, 0.25) is 0 Å². The molecule has 0 spiro atoms. The molecule has 10 rings (SSSR count). The van der Waals surface area contributed by atoms with Crippen molar-refractivity contribution in [1.29, 1.82) is 0 Å². The van der Waals surface area contributed by atoms with Crippen molar-refractivity contribution in [3.63, 3.8) is 0 Å². The number of rotatable bonds is 7. The highest BCUT2D eigenvalue weighted by atomic mass is 15.4. The average molecular weight is 695 g/mol. The van der Waals surface area contributed by atoms with Gasteiger partial charge in [-0.1, -0.05) is 109 Å². The van der Waals surface area contributed by atoms with E-state index in [1.165, 1.54) is 11.4 Å². The van der Waals surface area contributed by atoms with Crippen LogP contribution in [-0.4, -0.2) is 26.2 Å². The molecule has 0 aliphatic carbocycles. The number of anilines is 4. The Morgan fingerprint density at radius 3 is 1.74 bits per heavy atom. The Labute approximate surface area is 313 Å². The van der Waals surface area contributed by atoms with Crippen LogP contribution < -0.4 is 9.80 Å². The van der Waals surface area contributed by atoms with Crippen molar-refractivity contribution < 1.29 is 0 Å². The molecule has 0 radical (unpaired) electrons. The Morgan fingerprint density at radius 2 is 1.04 bits per heavy atom. The zero-order valence-corrected chi connectivity index (χ0v) is 29.4. The van der Waals surface area contributed by atoms with Crippen molar-refractivity contribution in [3.8, 4) is 5.82 Å². The predicted octanol–water partition coefficient (Wildman–Crippen LogP) is 11.2. The molecule has 0 fully saturated rings. The monoisotopic (exact) mass is 694 g/mol. The van der Waals surface area contributed by atoms with Crippen molar-refractivity contribution in [1.82, 2.24) is 19.5 Å². The van der Waals surface area contributed by atoms with Crippen LogP contribution in [0.1, 0.15) is 22.3 Å². The lowest BCUT2D eigenvalue weighted by atomic mass is 9.86. The van der Waals surface area contributed by atoms with E-state index in [1.807, 2.05) is 42.9 Å². The number of fused-ring (bicyclic) bond motifs is 4. The molecule has 6 heteroatoms. The van der Waals surface area contributed by atoms with Crippen molar-refractivity contribution >= 4 is 56.0 Å². The van der Waals surface area contributed by atoms with Gasteiger partial charge in [0.2, 0.25) is 0 Å². The highest BCUT2D eigenvalue weighted by Gasteiger charge is 2.28. The first-order chi connectivity index (χ1) is 26.8. The maximum Gasteiger partial charge on any atom is 0.148 e. The highest BCUT2D eigenvalue weighted by Crippen LogP contribution is 2.45. The minimum atomic E-state index is 0.695. The van der Waals surface area contributed by atoms with Crippen LogP contribution in [0.4, 0.5) is 22.7 Å². The van der Waals surface area contributed by atoms with Crippen LogP contribution >= 0.6 is 0 Å². The molecule has 5 heterocycles. The summed E-state index contributed by atoms with van der Waals surface area (Å²) < 4.78 is 2.12. The molecule has 0 saturated heterocycles. The molecule has 5 aromatic carbocycles. The average Bonchev–Trinajstić information content (AvgIpc) is 3.80. The molecule has 0 bridgehead atoms. The topological polar surface area (TPSA) is 50.1 Å². The van der Waals surface area contributed by atoms with Gasteiger partial charge in [0.1, 0.15) is 18.1 Å². The number of pyridine rings is 3. The summed E-state index contributed by atoms with van der Waals surface area (Å²) in [5.74, 6) is 0.796. The number of hydrogen-bond donors (Lipinski definition) is 0. The van der Waals surface area contributed by atoms with Gasteiger partial charge in [-0.3, -0.25) is 9.55 Å². The first-order valence-electron chi connectivity index (χ1n) is 18.1. The van der Waals surface area contributed by atoms with Crippen LogP contribution in [0.5, 0.6) is 0 Å². The minimum Gasteiger partial charge on any atom is -0.321 e. The van der Waals surface area contributed by atoms with Gasteiger partial charge < -0.3 is 9.80 Å². The smallest absolute Gasteiger partial charge is 0.148 e. The molecule has 1 aliphatic rings. The molecule has 6 nitrogen and oxygen atoms in total. The first kappa shape index (κ1) is 31.4. The van der Waals surface area contributed by atoms with Crippen LogP contribution in [0.3, 0.4) is 0 Å². The fourth-order valence-corrected chi connectivity index (χ4v) is 7.77. The van der Waals surface area contributed by atoms with E-state index in [4.69, 9.17) is 15.0 Å². The minimum absolute atomic E-state index is 0.695. The SMILES string of the molecule is c1ccc(C(=C(c2cccc(N3CN(c4ccccc4)c4ccccc43)c2)c2cnc3c4cccnc4n(-c4ccccn4)c3c2)c2ccccc2)cc1. The Kier molecular flexibility index (Phi) is 7.77. The van der Waals surface area contributed by atoms with Crippen LogP contribution in [-0.2, 0) is 0 Å². The van der Waals surface area contributed by atoms with Gasteiger partial charge >= 0.3 is 0 Å². The van der Waals surface area contributed by atoms with E-state index in [0.717, 1.165) is 72.7 Å². The summed E-state index contributed by atoms with van der Waals surface area (Å²) in [6, 6.07) is 61.8. The van der Waals surface area contributed by atoms with Gasteiger partial charge in [-0.05, 0) is 94.6 Å². The third kappa shape index (κ3) is 5.40. The molecule has 4 aromatic heterocycles. The number of para-hydroxylation sites is 3. The number of hydrogen-bond acceptors (Lipinski definition) is 5. The third-order valence-corrected chi connectivity index (χ3v) is 10.2. The third-order valence-electron chi connectivity index (χ3n) is 10.2. The van der Waals surface area contributed by atoms with Crippen molar-refractivity contribution in [2.24, 2.45) is 0 Å². The number of aromatic nitrogens is 4. The van der Waals surface area contributed by atoms with E-state index in [9.17, 15) is 0 Å². The largest absolute Gasteiger partial charge is 0.321 e. The second kappa shape index (κ2) is 13.3. The van der Waals surface area contributed by atoms with Crippen molar-refractivity contribution in [3.05, 3.63) is 217 Å². The normalized spacial score (nSPS) is 12.3. The van der Waals surface area contributed by atoms with E-state index in [-0.39, 0.29) is 0 Å². The Balaban J connectivity index is 1.22. The summed E-state index contributed by atoms with van der Waals surface area (Å²) in [6.45, 7) is 0.695. The molecule has 256 valence electrons. The summed E-state index contributed by atoms with van der Waals surface area (Å²) in [5.41, 5.74) is 13.8. The van der Waals surface area contributed by atoms with Crippen molar-refractivity contribution in [2.75, 3.05) is 16.5 Å². The van der Waals surface area contributed by atoms with Crippen LogP contribution in [0, 0.1) is 0 Å². The van der Waals surface area contributed by atoms with Gasteiger partial charge in [0.25, 0.3) is 0 Å². The van der Waals surface area contributed by atoms with E-state index in [0.29, 0.717) is 6.67 Å². The standard InChI is InChI=1S/C48H34N6/c1-4-16-34(17-5-1)45(35-18-6-2-7-19-35)46(37-31-43-47(51-32-37)40-24-15-29-50-48(40)54(43)44-27-12-13-28-49-44)36-20-14-23-39(30-36)53-33-52(38-21-8-3-9-22-38)41-25-10-11-26-42(41)53/h1-32H,33H2. The lowest BCUT2D eigenvalue weighted by molar-refractivity contribution is 0.991. The Hall–Kier alpha value is -7.31. The van der Waals surface area contributed by atoms with E-state index < -0.39 is 0 Å². The molecule has 0 N–H and O–H groups in total. The summed E-state index contributed by atoms with van der Waals surface area (Å²) in [5, 5.41) is 0.985. The Bertz CT molecular complexity index is 2750. The lowest BCUT2D eigenvalue weighted by Crippen LogP contribution is -2.23. The summed E-state index contributed by atoms with van der Waals surface area (Å²) in [7, 11) is 0. The zero-order valence-electron chi connectivity index (χ0n) is 29.4. The fourth-order valence-electron chi connectivity index (χ4n) is 7.77. The van der Waals surface area contributed by atoms with Gasteiger partial charge in [-0.15, -0.1) is 0 Å². The molecule has 1 aliphatic heterocycles. The molecule has 54 heavy (non-hydrogen) atoms. The van der Waals surface area contributed by atoms with E-state index >= 15 is 0 Å². The Morgan fingerprint density at radius 1 is 0.444 bits per heavy atom. The molecule has 0 unspecified atom stereocenters. The number of nitrogens with zero attached hydrogens (tertiary/aromatic N) is 6. The van der Waals surface area contributed by atoms with Gasteiger partial charge in [-0.2, -0.15) is 0 Å². The molecule has 0 atom stereocenters. The maximum atomic E-state index is 5.20. The molecular formula is C48H34N6. The number of benzene rings is 5. The van der Waals surface area contributed by atoms with Crippen LogP contribution in [0.15, 0.2) is 195 Å². The maximum absolute atomic E-state index is 5.20. The quantitative estimate of drug-likeness (QED) is 0.155. The predicted molar refractivity (Wildman–Crippen MR) is 221 cm³/mol. The first-order valence-corrected chi connectivity index (χ1v) is 18.1. The summed E-state index contributed by atoms with van der Waals surface area (Å²) in [6.07, 6.45) is 5.67. The molecular weight excluding hydrogens is 661 g/mol. The fraction of sp³-hybridized carbons (Fsp3) is 0.0208. The highest BCUT2D eigenvalue weighted by molar-refractivity contribution is 6.09. The van der Waals surface area contributed by atoms with Gasteiger partial charge in [0.05, 0.1) is 22.4 Å².